The highest BCUT2D eigenvalue weighted by Crippen LogP contribution is 2.25. The second-order valence-corrected chi connectivity index (χ2v) is 6.10. The van der Waals surface area contributed by atoms with E-state index < -0.39 is 0 Å². The van der Waals surface area contributed by atoms with Crippen LogP contribution in [0.3, 0.4) is 0 Å². The highest BCUT2D eigenvalue weighted by Gasteiger charge is 2.19. The van der Waals surface area contributed by atoms with Gasteiger partial charge in [0.2, 0.25) is 0 Å². The van der Waals surface area contributed by atoms with E-state index in [2.05, 4.69) is 36.9 Å². The summed E-state index contributed by atoms with van der Waals surface area (Å²) in [6.07, 6.45) is 1.54. The second kappa shape index (κ2) is 5.57. The van der Waals surface area contributed by atoms with Crippen LogP contribution < -0.4 is 4.74 Å². The van der Waals surface area contributed by atoms with E-state index in [4.69, 9.17) is 10.00 Å². The van der Waals surface area contributed by atoms with Crippen molar-refractivity contribution in [3.8, 4) is 11.8 Å². The van der Waals surface area contributed by atoms with Crippen molar-refractivity contribution in [1.29, 1.82) is 5.26 Å². The SMILES string of the molecule is Cc1cc(C#N)cc(C)c1OCc1ncnn1C(C)(C)C. The molecule has 0 saturated carbocycles. The molecule has 0 N–H and O–H groups in total. The summed E-state index contributed by atoms with van der Waals surface area (Å²) >= 11 is 0. The Kier molecular flexibility index (Phi) is 3.99. The van der Waals surface area contributed by atoms with Crippen LogP contribution in [-0.4, -0.2) is 14.8 Å². The van der Waals surface area contributed by atoms with Crippen molar-refractivity contribution in [3.63, 3.8) is 0 Å². The fourth-order valence-corrected chi connectivity index (χ4v) is 2.30. The monoisotopic (exact) mass is 284 g/mol. The maximum Gasteiger partial charge on any atom is 0.165 e. The lowest BCUT2D eigenvalue weighted by molar-refractivity contribution is 0.257. The number of hydrogen-bond acceptors (Lipinski definition) is 4. The van der Waals surface area contributed by atoms with Gasteiger partial charge in [0.15, 0.2) is 5.82 Å². The molecule has 0 radical (unpaired) electrons. The minimum atomic E-state index is -0.135. The zero-order valence-electron chi connectivity index (χ0n) is 13.1. The van der Waals surface area contributed by atoms with Gasteiger partial charge in [-0.05, 0) is 57.9 Å². The molecule has 2 aromatic rings. The van der Waals surface area contributed by atoms with E-state index >= 15 is 0 Å². The summed E-state index contributed by atoms with van der Waals surface area (Å²) in [6.45, 7) is 10.5. The van der Waals surface area contributed by atoms with Crippen molar-refractivity contribution < 1.29 is 4.74 Å². The number of aryl methyl sites for hydroxylation is 2. The van der Waals surface area contributed by atoms with Gasteiger partial charge >= 0.3 is 0 Å². The maximum atomic E-state index is 8.97. The highest BCUT2D eigenvalue weighted by atomic mass is 16.5. The number of nitriles is 1. The Bertz CT molecular complexity index is 666. The first-order valence-corrected chi connectivity index (χ1v) is 6.86. The van der Waals surface area contributed by atoms with Gasteiger partial charge in [-0.2, -0.15) is 10.4 Å². The van der Waals surface area contributed by atoms with Gasteiger partial charge < -0.3 is 4.74 Å². The van der Waals surface area contributed by atoms with Crippen LogP contribution in [0, 0.1) is 25.2 Å². The molecule has 0 bridgehead atoms. The molecule has 0 fully saturated rings. The maximum absolute atomic E-state index is 8.97. The Morgan fingerprint density at radius 3 is 2.38 bits per heavy atom. The minimum Gasteiger partial charge on any atom is -0.485 e. The standard InChI is InChI=1S/C16H20N4O/c1-11-6-13(8-17)7-12(2)15(11)21-9-14-18-10-19-20(14)16(3,4)5/h6-7,10H,9H2,1-5H3. The first-order chi connectivity index (χ1) is 9.82. The van der Waals surface area contributed by atoms with Crippen molar-refractivity contribution >= 4 is 0 Å². The molecule has 0 atom stereocenters. The molecule has 0 aliphatic heterocycles. The summed E-state index contributed by atoms with van der Waals surface area (Å²) in [5.74, 6) is 1.59. The summed E-state index contributed by atoms with van der Waals surface area (Å²) in [4.78, 5) is 4.27. The normalized spacial score (nSPS) is 11.2. The van der Waals surface area contributed by atoms with E-state index in [0.29, 0.717) is 12.2 Å². The summed E-state index contributed by atoms with van der Waals surface area (Å²) in [6, 6.07) is 5.81. The molecule has 5 nitrogen and oxygen atoms in total. The van der Waals surface area contributed by atoms with E-state index in [-0.39, 0.29) is 5.54 Å². The predicted octanol–water partition coefficient (Wildman–Crippen LogP) is 3.10. The molecule has 21 heavy (non-hydrogen) atoms. The van der Waals surface area contributed by atoms with Gasteiger partial charge in [-0.3, -0.25) is 0 Å². The van der Waals surface area contributed by atoms with Gasteiger partial charge in [-0.25, -0.2) is 9.67 Å². The van der Waals surface area contributed by atoms with Crippen molar-refractivity contribution in [3.05, 3.63) is 41.0 Å². The Morgan fingerprint density at radius 2 is 1.86 bits per heavy atom. The number of nitrogens with zero attached hydrogens (tertiary/aromatic N) is 4. The number of rotatable bonds is 3. The smallest absolute Gasteiger partial charge is 0.165 e. The summed E-state index contributed by atoms with van der Waals surface area (Å²) in [5, 5.41) is 13.2. The molecular weight excluding hydrogens is 264 g/mol. The molecular formula is C16H20N4O. The zero-order valence-corrected chi connectivity index (χ0v) is 13.1. The third-order valence-corrected chi connectivity index (χ3v) is 3.19. The van der Waals surface area contributed by atoms with Gasteiger partial charge in [0.1, 0.15) is 18.7 Å². The van der Waals surface area contributed by atoms with E-state index in [0.717, 1.165) is 22.7 Å². The molecule has 0 aliphatic rings. The van der Waals surface area contributed by atoms with Crippen LogP contribution in [-0.2, 0) is 12.1 Å². The van der Waals surface area contributed by atoms with Gasteiger partial charge in [0, 0.05) is 0 Å². The van der Waals surface area contributed by atoms with E-state index in [1.54, 1.807) is 6.33 Å². The first kappa shape index (κ1) is 15.0. The lowest BCUT2D eigenvalue weighted by atomic mass is 10.1. The van der Waals surface area contributed by atoms with Crippen molar-refractivity contribution in [2.75, 3.05) is 0 Å². The molecule has 5 heteroatoms. The van der Waals surface area contributed by atoms with Gasteiger partial charge in [0.25, 0.3) is 0 Å². The molecule has 0 aliphatic carbocycles. The molecule has 0 amide bonds. The van der Waals surface area contributed by atoms with Crippen LogP contribution in [0.4, 0.5) is 0 Å². The fraction of sp³-hybridized carbons (Fsp3) is 0.438. The van der Waals surface area contributed by atoms with Crippen LogP contribution in [0.5, 0.6) is 5.75 Å². The van der Waals surface area contributed by atoms with Crippen molar-refractivity contribution in [2.24, 2.45) is 0 Å². The number of ether oxygens (including phenoxy) is 1. The van der Waals surface area contributed by atoms with Gasteiger partial charge in [0.05, 0.1) is 17.2 Å². The fourth-order valence-electron chi connectivity index (χ4n) is 2.30. The zero-order chi connectivity index (χ0) is 15.6. The molecule has 1 aromatic heterocycles. The number of benzene rings is 1. The first-order valence-electron chi connectivity index (χ1n) is 6.86. The van der Waals surface area contributed by atoms with Crippen LogP contribution in [0.1, 0.15) is 43.3 Å². The minimum absolute atomic E-state index is 0.135. The molecule has 1 aromatic carbocycles. The lowest BCUT2D eigenvalue weighted by Gasteiger charge is -2.21. The Labute approximate surface area is 125 Å². The number of hydrogen-bond donors (Lipinski definition) is 0. The highest BCUT2D eigenvalue weighted by molar-refractivity contribution is 5.47. The summed E-state index contributed by atoms with van der Waals surface area (Å²) < 4.78 is 7.78. The molecule has 0 unspecified atom stereocenters. The van der Waals surface area contributed by atoms with Gasteiger partial charge in [-0.15, -0.1) is 0 Å². The Morgan fingerprint density at radius 1 is 1.24 bits per heavy atom. The van der Waals surface area contributed by atoms with Crippen LogP contribution in [0.25, 0.3) is 0 Å². The number of aromatic nitrogens is 3. The predicted molar refractivity (Wildman–Crippen MR) is 80.0 cm³/mol. The molecule has 2 rings (SSSR count). The second-order valence-electron chi connectivity index (χ2n) is 6.10. The molecule has 1 heterocycles. The van der Waals surface area contributed by atoms with Crippen molar-refractivity contribution in [1.82, 2.24) is 14.8 Å². The average Bonchev–Trinajstić information content (AvgIpc) is 2.85. The summed E-state index contributed by atoms with van der Waals surface area (Å²) in [7, 11) is 0. The summed E-state index contributed by atoms with van der Waals surface area (Å²) in [5.41, 5.74) is 2.42. The average molecular weight is 284 g/mol. The van der Waals surface area contributed by atoms with Gasteiger partial charge in [-0.1, -0.05) is 0 Å². The quantitative estimate of drug-likeness (QED) is 0.868. The largest absolute Gasteiger partial charge is 0.485 e. The van der Waals surface area contributed by atoms with Crippen LogP contribution >= 0.6 is 0 Å². The lowest BCUT2D eigenvalue weighted by Crippen LogP contribution is -2.26. The molecule has 0 saturated heterocycles. The Balaban J connectivity index is 2.22. The van der Waals surface area contributed by atoms with E-state index in [9.17, 15) is 0 Å². The Hall–Kier alpha value is -2.35. The van der Waals surface area contributed by atoms with Crippen LogP contribution in [0.2, 0.25) is 0 Å². The van der Waals surface area contributed by atoms with Crippen LogP contribution in [0.15, 0.2) is 18.5 Å². The third kappa shape index (κ3) is 3.22. The van der Waals surface area contributed by atoms with Crippen molar-refractivity contribution in [2.45, 2.75) is 46.8 Å². The molecule has 0 spiro atoms. The third-order valence-electron chi connectivity index (χ3n) is 3.19. The van der Waals surface area contributed by atoms with E-state index in [1.165, 1.54) is 0 Å². The van der Waals surface area contributed by atoms with E-state index in [1.807, 2.05) is 30.7 Å². The molecule has 110 valence electrons. The topological polar surface area (TPSA) is 63.7 Å².